The van der Waals surface area contributed by atoms with E-state index in [1.807, 2.05) is 13.2 Å². The molecule has 1 aromatic rings. The average molecular weight is 335 g/mol. The van der Waals surface area contributed by atoms with Crippen LogP contribution in [0.15, 0.2) is 24.3 Å². The van der Waals surface area contributed by atoms with Gasteiger partial charge in [0.25, 0.3) is 5.91 Å². The van der Waals surface area contributed by atoms with Crippen molar-refractivity contribution in [1.29, 1.82) is 0 Å². The number of rotatable bonds is 7. The number of thioether (sulfide) groups is 1. The Morgan fingerprint density at radius 3 is 2.48 bits per heavy atom. The minimum Gasteiger partial charge on any atom is -0.351 e. The Bertz CT molecular complexity index is 527. The van der Waals surface area contributed by atoms with E-state index in [4.69, 9.17) is 0 Å². The molecule has 1 aliphatic heterocycles. The van der Waals surface area contributed by atoms with Crippen LogP contribution in [0.1, 0.15) is 30.1 Å². The summed E-state index contributed by atoms with van der Waals surface area (Å²) in [5.41, 5.74) is 1.33. The first-order valence-corrected chi connectivity index (χ1v) is 9.33. The van der Waals surface area contributed by atoms with Crippen molar-refractivity contribution in [3.8, 4) is 0 Å². The minimum absolute atomic E-state index is 0.0275. The predicted molar refractivity (Wildman–Crippen MR) is 96.1 cm³/mol. The lowest BCUT2D eigenvalue weighted by Crippen LogP contribution is -2.33. The lowest BCUT2D eigenvalue weighted by molar-refractivity contribution is -0.115. The number of carbonyl (C=O) groups is 2. The van der Waals surface area contributed by atoms with Crippen LogP contribution < -0.4 is 10.6 Å². The van der Waals surface area contributed by atoms with Crippen molar-refractivity contribution in [2.75, 3.05) is 37.8 Å². The molecule has 1 heterocycles. The summed E-state index contributed by atoms with van der Waals surface area (Å²) < 4.78 is 0. The fraction of sp³-hybridized carbons (Fsp3) is 0.529. The van der Waals surface area contributed by atoms with Crippen molar-refractivity contribution >= 4 is 29.3 Å². The third-order valence-electron chi connectivity index (χ3n) is 4.05. The molecular weight excluding hydrogens is 310 g/mol. The van der Waals surface area contributed by atoms with Gasteiger partial charge in [0.05, 0.1) is 5.25 Å². The van der Waals surface area contributed by atoms with Crippen LogP contribution in [-0.2, 0) is 4.79 Å². The number of likely N-dealkylation sites (tertiary alicyclic amines) is 1. The molecule has 2 amide bonds. The van der Waals surface area contributed by atoms with Crippen LogP contribution in [0.4, 0.5) is 5.69 Å². The highest BCUT2D eigenvalue weighted by molar-refractivity contribution is 7.99. The molecule has 0 spiro atoms. The summed E-state index contributed by atoms with van der Waals surface area (Å²) in [6, 6.07) is 7.01. The Labute approximate surface area is 142 Å². The zero-order valence-corrected chi connectivity index (χ0v) is 14.6. The fourth-order valence-electron chi connectivity index (χ4n) is 2.49. The molecule has 0 aromatic heterocycles. The molecule has 1 aromatic carbocycles. The number of benzene rings is 1. The van der Waals surface area contributed by atoms with Gasteiger partial charge in [0.1, 0.15) is 0 Å². The quantitative estimate of drug-likeness (QED) is 0.802. The lowest BCUT2D eigenvalue weighted by atomic mass is 10.2. The summed E-state index contributed by atoms with van der Waals surface area (Å²) in [4.78, 5) is 26.3. The van der Waals surface area contributed by atoms with Gasteiger partial charge < -0.3 is 15.5 Å². The van der Waals surface area contributed by atoms with Crippen LogP contribution >= 0.6 is 11.8 Å². The van der Waals surface area contributed by atoms with Gasteiger partial charge in [0.2, 0.25) is 5.91 Å². The largest absolute Gasteiger partial charge is 0.351 e. The van der Waals surface area contributed by atoms with Crippen LogP contribution in [0.3, 0.4) is 0 Å². The third-order valence-corrected chi connectivity index (χ3v) is 4.97. The van der Waals surface area contributed by atoms with Gasteiger partial charge in [-0.25, -0.2) is 0 Å². The van der Waals surface area contributed by atoms with E-state index in [1.165, 1.54) is 24.6 Å². The molecule has 0 radical (unpaired) electrons. The summed E-state index contributed by atoms with van der Waals surface area (Å²) in [6.45, 7) is 5.72. The second-order valence-electron chi connectivity index (χ2n) is 5.75. The minimum atomic E-state index is -0.0939. The molecular formula is C17H25N3O2S. The Balaban J connectivity index is 1.78. The molecule has 1 aliphatic rings. The number of amides is 2. The van der Waals surface area contributed by atoms with E-state index < -0.39 is 0 Å². The van der Waals surface area contributed by atoms with Crippen molar-refractivity contribution < 1.29 is 9.59 Å². The smallest absolute Gasteiger partial charge is 0.251 e. The summed E-state index contributed by atoms with van der Waals surface area (Å²) in [6.07, 6.45) is 4.42. The first-order chi connectivity index (χ1) is 11.1. The van der Waals surface area contributed by atoms with Crippen LogP contribution in [0.2, 0.25) is 0 Å². The van der Waals surface area contributed by atoms with Gasteiger partial charge in [-0.3, -0.25) is 9.59 Å². The van der Waals surface area contributed by atoms with Gasteiger partial charge in [-0.05, 0) is 63.4 Å². The molecule has 1 unspecified atom stereocenters. The van der Waals surface area contributed by atoms with Crippen molar-refractivity contribution in [2.45, 2.75) is 25.0 Å². The number of carbonyl (C=O) groups excluding carboxylic acids is 2. The maximum absolute atomic E-state index is 12.1. The maximum Gasteiger partial charge on any atom is 0.251 e. The van der Waals surface area contributed by atoms with Crippen molar-refractivity contribution in [2.24, 2.45) is 0 Å². The molecule has 126 valence electrons. The monoisotopic (exact) mass is 335 g/mol. The lowest BCUT2D eigenvalue weighted by Gasteiger charge is -2.14. The highest BCUT2D eigenvalue weighted by Crippen LogP contribution is 2.13. The normalized spacial score (nSPS) is 16.1. The first kappa shape index (κ1) is 17.8. The van der Waals surface area contributed by atoms with Crippen LogP contribution in [0.25, 0.3) is 0 Å². The van der Waals surface area contributed by atoms with Crippen molar-refractivity contribution in [3.05, 3.63) is 29.8 Å². The molecule has 0 saturated carbocycles. The zero-order valence-electron chi connectivity index (χ0n) is 13.8. The zero-order chi connectivity index (χ0) is 16.7. The van der Waals surface area contributed by atoms with E-state index in [0.717, 1.165) is 19.6 Å². The van der Waals surface area contributed by atoms with E-state index in [2.05, 4.69) is 15.5 Å². The highest BCUT2D eigenvalue weighted by Gasteiger charge is 2.13. The Morgan fingerprint density at radius 2 is 1.87 bits per heavy atom. The molecule has 2 rings (SSSR count). The highest BCUT2D eigenvalue weighted by atomic mass is 32.2. The SMILES string of the molecule is CSC(C)C(=O)Nc1ccc(C(=O)NCCN2CCCC2)cc1. The number of hydrogen-bond acceptors (Lipinski definition) is 4. The Kier molecular flexibility index (Phi) is 6.92. The molecule has 0 aliphatic carbocycles. The molecule has 1 saturated heterocycles. The number of anilines is 1. The van der Waals surface area contributed by atoms with E-state index in [-0.39, 0.29) is 17.1 Å². The summed E-state index contributed by atoms with van der Waals surface area (Å²) in [5, 5.41) is 5.69. The average Bonchev–Trinajstić information content (AvgIpc) is 3.08. The number of hydrogen-bond donors (Lipinski definition) is 2. The van der Waals surface area contributed by atoms with Crippen LogP contribution in [-0.4, -0.2) is 54.4 Å². The van der Waals surface area contributed by atoms with Gasteiger partial charge in [0.15, 0.2) is 0 Å². The fourth-order valence-corrected chi connectivity index (χ4v) is 2.76. The van der Waals surface area contributed by atoms with Crippen LogP contribution in [0, 0.1) is 0 Å². The predicted octanol–water partition coefficient (Wildman–Crippen LogP) is 2.20. The molecule has 1 fully saturated rings. The second-order valence-corrected chi connectivity index (χ2v) is 6.93. The van der Waals surface area contributed by atoms with Crippen LogP contribution in [0.5, 0.6) is 0 Å². The van der Waals surface area contributed by atoms with Crippen molar-refractivity contribution in [1.82, 2.24) is 10.2 Å². The van der Waals surface area contributed by atoms with E-state index in [9.17, 15) is 9.59 Å². The van der Waals surface area contributed by atoms with Crippen molar-refractivity contribution in [3.63, 3.8) is 0 Å². The van der Waals surface area contributed by atoms with E-state index in [0.29, 0.717) is 17.8 Å². The summed E-state index contributed by atoms with van der Waals surface area (Å²) >= 11 is 1.50. The van der Waals surface area contributed by atoms with Gasteiger partial charge in [0, 0.05) is 24.3 Å². The molecule has 2 N–H and O–H groups in total. The first-order valence-electron chi connectivity index (χ1n) is 8.04. The maximum atomic E-state index is 12.1. The number of nitrogens with one attached hydrogen (secondary N) is 2. The van der Waals surface area contributed by atoms with Gasteiger partial charge in [-0.15, -0.1) is 0 Å². The Hall–Kier alpha value is -1.53. The van der Waals surface area contributed by atoms with E-state index >= 15 is 0 Å². The Morgan fingerprint density at radius 1 is 1.22 bits per heavy atom. The topological polar surface area (TPSA) is 61.4 Å². The van der Waals surface area contributed by atoms with Gasteiger partial charge in [-0.2, -0.15) is 11.8 Å². The molecule has 6 heteroatoms. The summed E-state index contributed by atoms with van der Waals surface area (Å²) in [5.74, 6) is -0.0973. The molecule has 1 atom stereocenters. The standard InChI is InChI=1S/C17H25N3O2S/c1-13(23-2)16(21)19-15-7-5-14(6-8-15)17(22)18-9-12-20-10-3-4-11-20/h5-8,13H,3-4,9-12H2,1-2H3,(H,18,22)(H,19,21). The van der Waals surface area contributed by atoms with Gasteiger partial charge in [-0.1, -0.05) is 0 Å². The number of nitrogens with zero attached hydrogens (tertiary/aromatic N) is 1. The van der Waals surface area contributed by atoms with E-state index in [1.54, 1.807) is 24.3 Å². The summed E-state index contributed by atoms with van der Waals surface area (Å²) in [7, 11) is 0. The molecule has 23 heavy (non-hydrogen) atoms. The molecule has 5 nitrogen and oxygen atoms in total. The second kappa shape index (κ2) is 8.93. The third kappa shape index (κ3) is 5.55. The molecule has 0 bridgehead atoms. The van der Waals surface area contributed by atoms with Gasteiger partial charge >= 0.3 is 0 Å².